The highest BCUT2D eigenvalue weighted by molar-refractivity contribution is 5.99. The van der Waals surface area contributed by atoms with Crippen molar-refractivity contribution < 1.29 is 32.0 Å². The van der Waals surface area contributed by atoms with E-state index in [1.54, 1.807) is 4.90 Å². The second-order valence-corrected chi connectivity index (χ2v) is 8.39. The fourth-order valence-corrected chi connectivity index (χ4v) is 4.57. The van der Waals surface area contributed by atoms with E-state index in [1.165, 1.54) is 29.2 Å². The van der Waals surface area contributed by atoms with Gasteiger partial charge in [-0.25, -0.2) is 4.79 Å². The number of fused-ring (bicyclic) bond motifs is 1. The van der Waals surface area contributed by atoms with Crippen molar-refractivity contribution in [2.24, 2.45) is 5.92 Å². The topological polar surface area (TPSA) is 88.8 Å². The normalized spacial score (nSPS) is 24.0. The van der Waals surface area contributed by atoms with Gasteiger partial charge in [0.1, 0.15) is 12.3 Å². The van der Waals surface area contributed by atoms with Crippen LogP contribution in [0, 0.1) is 5.92 Å². The lowest BCUT2D eigenvalue weighted by molar-refractivity contribution is -0.274. The molecule has 1 aliphatic heterocycles. The molecule has 2 heterocycles. The molecule has 1 saturated heterocycles. The van der Waals surface area contributed by atoms with Gasteiger partial charge in [0, 0.05) is 17.6 Å². The molecule has 0 N–H and O–H groups in total. The Hall–Kier alpha value is -3.11. The Labute approximate surface area is 181 Å². The van der Waals surface area contributed by atoms with Gasteiger partial charge in [0.25, 0.3) is 0 Å². The first-order valence-corrected chi connectivity index (χ1v) is 10.6. The van der Waals surface area contributed by atoms with Gasteiger partial charge in [0.05, 0.1) is 5.92 Å². The molecule has 0 spiro atoms. The van der Waals surface area contributed by atoms with Gasteiger partial charge in [-0.2, -0.15) is 4.98 Å². The zero-order valence-electron chi connectivity index (χ0n) is 17.0. The number of urea groups is 1. The van der Waals surface area contributed by atoms with Crippen LogP contribution in [0.3, 0.4) is 0 Å². The molecule has 32 heavy (non-hydrogen) atoms. The summed E-state index contributed by atoms with van der Waals surface area (Å²) >= 11 is 0. The zero-order chi connectivity index (χ0) is 22.5. The van der Waals surface area contributed by atoms with Crippen molar-refractivity contribution in [3.05, 3.63) is 30.2 Å². The molecule has 2 aliphatic carbocycles. The molecule has 1 aromatic heterocycles. The van der Waals surface area contributed by atoms with Crippen LogP contribution < -0.4 is 4.74 Å². The van der Waals surface area contributed by atoms with Crippen LogP contribution in [0.15, 0.2) is 28.8 Å². The molecule has 2 aromatic rings. The number of rotatable bonds is 5. The predicted molar refractivity (Wildman–Crippen MR) is 103 cm³/mol. The standard InChI is InChI=1S/C21H21F3N4O4/c22-21(23,24)31-14-9-5-12(6-10-14)18-25-17(32-26-18)11-27-16-4-2-1-3-15(16)19(29)28(20(27)30)13-7-8-13/h5-6,9-10,13,15-16H,1-4,7-8,11H2. The van der Waals surface area contributed by atoms with Crippen LogP contribution >= 0.6 is 0 Å². The third-order valence-corrected chi connectivity index (χ3v) is 6.17. The van der Waals surface area contributed by atoms with Gasteiger partial charge in [-0.05, 0) is 49.9 Å². The summed E-state index contributed by atoms with van der Waals surface area (Å²) < 4.78 is 46.2. The van der Waals surface area contributed by atoms with E-state index < -0.39 is 6.36 Å². The van der Waals surface area contributed by atoms with E-state index >= 15 is 0 Å². The van der Waals surface area contributed by atoms with Crippen LogP contribution in [0.25, 0.3) is 11.4 Å². The monoisotopic (exact) mass is 450 g/mol. The van der Waals surface area contributed by atoms with Crippen molar-refractivity contribution in [1.82, 2.24) is 19.9 Å². The van der Waals surface area contributed by atoms with E-state index in [9.17, 15) is 22.8 Å². The molecule has 3 aliphatic rings. The highest BCUT2D eigenvalue weighted by Crippen LogP contribution is 2.40. The lowest BCUT2D eigenvalue weighted by Gasteiger charge is -2.46. The molecular formula is C21H21F3N4O4. The Morgan fingerprint density at radius 2 is 1.78 bits per heavy atom. The average molecular weight is 450 g/mol. The number of halogens is 3. The smallest absolute Gasteiger partial charge is 0.406 e. The van der Waals surface area contributed by atoms with Crippen LogP contribution in [-0.2, 0) is 11.3 Å². The Morgan fingerprint density at radius 3 is 2.47 bits per heavy atom. The molecule has 0 bridgehead atoms. The number of imide groups is 1. The van der Waals surface area contributed by atoms with Gasteiger partial charge in [0.15, 0.2) is 0 Å². The molecule has 3 amide bonds. The van der Waals surface area contributed by atoms with Crippen LogP contribution in [0.1, 0.15) is 44.4 Å². The Bertz CT molecular complexity index is 1020. The summed E-state index contributed by atoms with van der Waals surface area (Å²) in [5.74, 6) is -0.217. The maximum absolute atomic E-state index is 13.1. The molecule has 2 unspecified atom stereocenters. The van der Waals surface area contributed by atoms with E-state index in [1.807, 2.05) is 0 Å². The summed E-state index contributed by atoms with van der Waals surface area (Å²) in [6.45, 7) is 0.0821. The molecule has 0 radical (unpaired) electrons. The van der Waals surface area contributed by atoms with Gasteiger partial charge in [0.2, 0.25) is 17.6 Å². The van der Waals surface area contributed by atoms with Crippen LogP contribution in [-0.4, -0.2) is 50.3 Å². The Morgan fingerprint density at radius 1 is 1.06 bits per heavy atom. The van der Waals surface area contributed by atoms with Crippen molar-refractivity contribution in [2.75, 3.05) is 0 Å². The summed E-state index contributed by atoms with van der Waals surface area (Å²) in [6.07, 6.45) is 0.326. The maximum atomic E-state index is 13.1. The quantitative estimate of drug-likeness (QED) is 0.681. The van der Waals surface area contributed by atoms with Crippen LogP contribution in [0.5, 0.6) is 5.75 Å². The lowest BCUT2D eigenvalue weighted by Crippen LogP contribution is -2.62. The highest BCUT2D eigenvalue weighted by Gasteiger charge is 2.51. The number of ether oxygens (including phenoxy) is 1. The van der Waals surface area contributed by atoms with Crippen LogP contribution in [0.4, 0.5) is 18.0 Å². The van der Waals surface area contributed by atoms with Crippen molar-refractivity contribution in [2.45, 2.75) is 63.5 Å². The summed E-state index contributed by atoms with van der Waals surface area (Å²) in [4.78, 5) is 33.4. The molecule has 1 aromatic carbocycles. The number of alkyl halides is 3. The Kier molecular flexibility index (Phi) is 5.06. The number of hydrogen-bond donors (Lipinski definition) is 0. The molecule has 170 valence electrons. The fourth-order valence-electron chi connectivity index (χ4n) is 4.57. The first-order chi connectivity index (χ1) is 15.3. The van der Waals surface area contributed by atoms with E-state index in [2.05, 4.69) is 14.9 Å². The number of aromatic nitrogens is 2. The van der Waals surface area contributed by atoms with E-state index in [-0.39, 0.29) is 53.9 Å². The average Bonchev–Trinajstić information content (AvgIpc) is 3.47. The third kappa shape index (κ3) is 4.03. The van der Waals surface area contributed by atoms with E-state index in [0.29, 0.717) is 5.56 Å². The van der Waals surface area contributed by atoms with Crippen LogP contribution in [0.2, 0.25) is 0 Å². The largest absolute Gasteiger partial charge is 0.573 e. The number of hydrogen-bond acceptors (Lipinski definition) is 6. The molecule has 5 rings (SSSR count). The molecule has 3 fully saturated rings. The molecular weight excluding hydrogens is 429 g/mol. The predicted octanol–water partition coefficient (Wildman–Crippen LogP) is 4.12. The number of carbonyl (C=O) groups excluding carboxylic acids is 2. The number of benzene rings is 1. The second-order valence-electron chi connectivity index (χ2n) is 8.39. The van der Waals surface area contributed by atoms with Gasteiger partial charge >= 0.3 is 12.4 Å². The molecule has 2 saturated carbocycles. The lowest BCUT2D eigenvalue weighted by atomic mass is 9.81. The number of amides is 3. The van der Waals surface area contributed by atoms with E-state index in [4.69, 9.17) is 4.52 Å². The summed E-state index contributed by atoms with van der Waals surface area (Å²) in [5, 5.41) is 3.90. The van der Waals surface area contributed by atoms with Gasteiger partial charge in [-0.3, -0.25) is 9.69 Å². The zero-order valence-corrected chi connectivity index (χ0v) is 17.0. The van der Waals surface area contributed by atoms with Crippen molar-refractivity contribution in [1.29, 1.82) is 0 Å². The summed E-state index contributed by atoms with van der Waals surface area (Å²) in [6, 6.07) is 4.61. The first-order valence-electron chi connectivity index (χ1n) is 10.6. The minimum Gasteiger partial charge on any atom is -0.406 e. The fraction of sp³-hybridized carbons (Fsp3) is 0.524. The van der Waals surface area contributed by atoms with Crippen molar-refractivity contribution >= 4 is 11.9 Å². The van der Waals surface area contributed by atoms with Gasteiger partial charge < -0.3 is 14.2 Å². The van der Waals surface area contributed by atoms with E-state index in [0.717, 1.165) is 38.5 Å². The summed E-state index contributed by atoms with van der Waals surface area (Å²) in [7, 11) is 0. The third-order valence-electron chi connectivity index (χ3n) is 6.17. The number of carbonyl (C=O) groups is 2. The first kappa shape index (κ1) is 20.8. The van der Waals surface area contributed by atoms with Gasteiger partial charge in [-0.1, -0.05) is 18.0 Å². The molecule has 11 heteroatoms. The molecule has 8 nitrogen and oxygen atoms in total. The highest BCUT2D eigenvalue weighted by atomic mass is 19.4. The number of nitrogens with zero attached hydrogens (tertiary/aromatic N) is 4. The van der Waals surface area contributed by atoms with Crippen molar-refractivity contribution in [3.63, 3.8) is 0 Å². The van der Waals surface area contributed by atoms with Crippen molar-refractivity contribution in [3.8, 4) is 17.1 Å². The maximum Gasteiger partial charge on any atom is 0.573 e. The summed E-state index contributed by atoms with van der Waals surface area (Å²) in [5.41, 5.74) is 0.449. The minimum absolute atomic E-state index is 0.0175. The SMILES string of the molecule is O=C1C2CCCCC2N(Cc2nc(-c3ccc(OC(F)(F)F)cc3)no2)C(=O)N1C1CC1. The molecule has 2 atom stereocenters. The minimum atomic E-state index is -4.77. The Balaban J connectivity index is 1.34. The second kappa shape index (κ2) is 7.79. The van der Waals surface area contributed by atoms with Gasteiger partial charge in [-0.15, -0.1) is 13.2 Å².